The number of rotatable bonds is 6. The molecule has 0 aromatic heterocycles. The zero-order valence-corrected chi connectivity index (χ0v) is 19.7. The first-order valence-corrected chi connectivity index (χ1v) is 11.2. The number of benzene rings is 4. The quantitative estimate of drug-likeness (QED) is 0.378. The Bertz CT molecular complexity index is 1480. The number of carbonyl (C=O) groups is 2. The molecule has 4 aromatic rings. The first-order chi connectivity index (χ1) is 17.0. The predicted octanol–water partition coefficient (Wildman–Crippen LogP) is 5.56. The lowest BCUT2D eigenvalue weighted by molar-refractivity contribution is -0.120. The highest BCUT2D eigenvalue weighted by Gasteiger charge is 2.41. The van der Waals surface area contributed by atoms with Crippen molar-refractivity contribution >= 4 is 39.5 Å². The van der Waals surface area contributed by atoms with Gasteiger partial charge in [0.05, 0.1) is 25.5 Å². The van der Waals surface area contributed by atoms with E-state index in [-0.39, 0.29) is 5.70 Å². The first kappa shape index (κ1) is 22.2. The summed E-state index contributed by atoms with van der Waals surface area (Å²) in [5.41, 5.74) is 3.28. The minimum absolute atomic E-state index is 0.208. The van der Waals surface area contributed by atoms with Crippen molar-refractivity contribution in [2.45, 2.75) is 6.92 Å². The second-order valence-electron chi connectivity index (χ2n) is 8.25. The van der Waals surface area contributed by atoms with Gasteiger partial charge < -0.3 is 14.8 Å². The number of amides is 2. The number of nitrogens with one attached hydrogen (secondary N) is 1. The number of carbonyl (C=O) groups excluding carboxylic acids is 2. The fraction of sp³-hybridized carbons (Fsp3) is 0.103. The number of imide groups is 1. The molecule has 0 atom stereocenters. The Morgan fingerprint density at radius 2 is 1.51 bits per heavy atom. The topological polar surface area (TPSA) is 67.9 Å². The van der Waals surface area contributed by atoms with Gasteiger partial charge in [-0.15, -0.1) is 0 Å². The summed E-state index contributed by atoms with van der Waals surface area (Å²) in [4.78, 5) is 28.9. The second-order valence-corrected chi connectivity index (χ2v) is 8.25. The van der Waals surface area contributed by atoms with Gasteiger partial charge in [0.25, 0.3) is 11.8 Å². The molecule has 0 radical (unpaired) electrons. The van der Waals surface area contributed by atoms with Crippen molar-refractivity contribution in [2.24, 2.45) is 0 Å². The van der Waals surface area contributed by atoms with E-state index in [4.69, 9.17) is 9.47 Å². The van der Waals surface area contributed by atoms with E-state index in [2.05, 4.69) is 5.32 Å². The Morgan fingerprint density at radius 3 is 2.26 bits per heavy atom. The fourth-order valence-electron chi connectivity index (χ4n) is 4.29. The molecule has 1 aliphatic rings. The molecule has 0 fully saturated rings. The van der Waals surface area contributed by atoms with Gasteiger partial charge in [0.15, 0.2) is 0 Å². The number of fused-ring (bicyclic) bond motifs is 1. The number of hydrogen-bond donors (Lipinski definition) is 1. The molecule has 0 saturated carbocycles. The van der Waals surface area contributed by atoms with E-state index in [9.17, 15) is 9.59 Å². The van der Waals surface area contributed by atoms with Crippen LogP contribution >= 0.6 is 0 Å². The van der Waals surface area contributed by atoms with Crippen LogP contribution in [0.4, 0.5) is 11.4 Å². The largest absolute Gasteiger partial charge is 0.497 e. The van der Waals surface area contributed by atoms with Gasteiger partial charge in [0, 0.05) is 17.1 Å². The Morgan fingerprint density at radius 1 is 0.771 bits per heavy atom. The summed E-state index contributed by atoms with van der Waals surface area (Å²) < 4.78 is 10.8. The van der Waals surface area contributed by atoms with E-state index in [1.807, 2.05) is 73.7 Å². The molecule has 0 spiro atoms. The predicted molar refractivity (Wildman–Crippen MR) is 138 cm³/mol. The van der Waals surface area contributed by atoms with Crippen LogP contribution in [0.3, 0.4) is 0 Å². The van der Waals surface area contributed by atoms with Crippen LogP contribution in [0.2, 0.25) is 0 Å². The van der Waals surface area contributed by atoms with Crippen LogP contribution in [-0.4, -0.2) is 26.0 Å². The highest BCUT2D eigenvalue weighted by atomic mass is 16.5. The lowest BCUT2D eigenvalue weighted by atomic mass is 10.0. The third-order valence-corrected chi connectivity index (χ3v) is 6.10. The molecule has 35 heavy (non-hydrogen) atoms. The maximum absolute atomic E-state index is 13.9. The van der Waals surface area contributed by atoms with Gasteiger partial charge in [-0.05, 0) is 36.1 Å². The van der Waals surface area contributed by atoms with Crippen molar-refractivity contribution in [3.63, 3.8) is 0 Å². The molecule has 0 bridgehead atoms. The van der Waals surface area contributed by atoms with Crippen LogP contribution in [0, 0.1) is 6.92 Å². The van der Waals surface area contributed by atoms with Gasteiger partial charge in [-0.1, -0.05) is 66.2 Å². The van der Waals surface area contributed by atoms with Crippen LogP contribution in [0.15, 0.2) is 90.6 Å². The minimum atomic E-state index is -0.468. The summed E-state index contributed by atoms with van der Waals surface area (Å²) in [5, 5.41) is 5.26. The highest BCUT2D eigenvalue weighted by Crippen LogP contribution is 2.40. The van der Waals surface area contributed by atoms with Gasteiger partial charge in [0.2, 0.25) is 0 Å². The average Bonchev–Trinajstić information content (AvgIpc) is 3.13. The maximum atomic E-state index is 13.9. The van der Waals surface area contributed by atoms with Crippen LogP contribution in [0.25, 0.3) is 16.3 Å². The smallest absolute Gasteiger partial charge is 0.282 e. The van der Waals surface area contributed by atoms with Crippen molar-refractivity contribution in [3.8, 4) is 11.5 Å². The zero-order chi connectivity index (χ0) is 24.5. The average molecular weight is 465 g/mol. The van der Waals surface area contributed by atoms with Gasteiger partial charge in [-0.25, -0.2) is 4.90 Å². The van der Waals surface area contributed by atoms with Crippen molar-refractivity contribution in [1.82, 2.24) is 0 Å². The first-order valence-electron chi connectivity index (χ1n) is 11.2. The van der Waals surface area contributed by atoms with Gasteiger partial charge in [-0.2, -0.15) is 0 Å². The summed E-state index contributed by atoms with van der Waals surface area (Å²) in [5.74, 6) is -0.00544. The van der Waals surface area contributed by atoms with Crippen LogP contribution < -0.4 is 19.7 Å². The van der Waals surface area contributed by atoms with Gasteiger partial charge in [0.1, 0.15) is 17.2 Å². The fourth-order valence-corrected chi connectivity index (χ4v) is 4.29. The molecule has 5 rings (SSSR count). The van der Waals surface area contributed by atoms with E-state index in [0.29, 0.717) is 28.3 Å². The lowest BCUT2D eigenvalue weighted by Gasteiger charge is -2.19. The highest BCUT2D eigenvalue weighted by molar-refractivity contribution is 6.46. The summed E-state index contributed by atoms with van der Waals surface area (Å²) in [6, 6.07) is 26.3. The molecule has 6 nitrogen and oxygen atoms in total. The number of aryl methyl sites for hydroxylation is 1. The van der Waals surface area contributed by atoms with Crippen LogP contribution in [0.5, 0.6) is 11.5 Å². The molecule has 6 heteroatoms. The molecule has 174 valence electrons. The Hall–Kier alpha value is -4.58. The Labute approximate surface area is 203 Å². The molecule has 4 aromatic carbocycles. The van der Waals surface area contributed by atoms with Crippen molar-refractivity contribution < 1.29 is 19.1 Å². The van der Waals surface area contributed by atoms with Crippen molar-refractivity contribution in [1.29, 1.82) is 0 Å². The lowest BCUT2D eigenvalue weighted by Crippen LogP contribution is -2.32. The summed E-state index contributed by atoms with van der Waals surface area (Å²) >= 11 is 0. The van der Waals surface area contributed by atoms with Crippen LogP contribution in [0.1, 0.15) is 11.1 Å². The normalized spacial score (nSPS) is 13.5. The zero-order valence-electron chi connectivity index (χ0n) is 19.7. The summed E-state index contributed by atoms with van der Waals surface area (Å²) in [7, 11) is 3.03. The molecule has 1 aliphatic heterocycles. The van der Waals surface area contributed by atoms with E-state index in [1.54, 1.807) is 18.2 Å². The van der Waals surface area contributed by atoms with Crippen molar-refractivity contribution in [2.75, 3.05) is 24.4 Å². The summed E-state index contributed by atoms with van der Waals surface area (Å²) in [6.45, 7) is 1.97. The van der Waals surface area contributed by atoms with E-state index in [0.717, 1.165) is 26.9 Å². The number of nitrogens with zero attached hydrogens (tertiary/aromatic N) is 1. The second kappa shape index (κ2) is 8.99. The Balaban J connectivity index is 1.68. The molecular weight excluding hydrogens is 440 g/mol. The van der Waals surface area contributed by atoms with Gasteiger partial charge >= 0.3 is 0 Å². The third-order valence-electron chi connectivity index (χ3n) is 6.10. The molecular formula is C29H24N2O4. The standard InChI is InChI=1S/C29H24N2O4/c1-18-11-13-20(14-12-18)26-27(30-23-10-6-8-19-7-4-5-9-22(19)23)29(33)31(28(26)32)24-17-21(34-2)15-16-25(24)35-3/h4-17,30H,1-3H3. The molecule has 0 aliphatic carbocycles. The monoisotopic (exact) mass is 464 g/mol. The van der Waals surface area contributed by atoms with E-state index < -0.39 is 11.8 Å². The molecule has 1 heterocycles. The van der Waals surface area contributed by atoms with Gasteiger partial charge in [-0.3, -0.25) is 9.59 Å². The Kier molecular flexibility index (Phi) is 5.71. The number of methoxy groups -OCH3 is 2. The minimum Gasteiger partial charge on any atom is -0.497 e. The molecule has 0 saturated heterocycles. The van der Waals surface area contributed by atoms with Crippen LogP contribution in [-0.2, 0) is 9.59 Å². The maximum Gasteiger partial charge on any atom is 0.282 e. The van der Waals surface area contributed by atoms with E-state index in [1.165, 1.54) is 14.2 Å². The van der Waals surface area contributed by atoms with E-state index >= 15 is 0 Å². The SMILES string of the molecule is COc1ccc(OC)c(N2C(=O)C(Nc3cccc4ccccc34)=C(c3ccc(C)cc3)C2=O)c1. The number of ether oxygens (including phenoxy) is 2. The number of hydrogen-bond acceptors (Lipinski definition) is 5. The summed E-state index contributed by atoms with van der Waals surface area (Å²) in [6.07, 6.45) is 0. The number of anilines is 2. The molecule has 2 amide bonds. The third kappa shape index (κ3) is 3.89. The molecule has 0 unspecified atom stereocenters. The molecule has 1 N–H and O–H groups in total. The van der Waals surface area contributed by atoms with Crippen molar-refractivity contribution in [3.05, 3.63) is 102 Å².